The van der Waals surface area contributed by atoms with E-state index >= 15 is 0 Å². The Morgan fingerprint density at radius 3 is 2.84 bits per heavy atom. The summed E-state index contributed by atoms with van der Waals surface area (Å²) in [4.78, 5) is 25.0. The first-order valence-corrected chi connectivity index (χ1v) is 11.6. The standard InChI is InChI=1S/C24H25FN4OS/c1-31-21-9-7-17(8-10-21)15-27-24(30)19-5-3-13-29(16-19)22-11-12-26-23(28-22)18-4-2-6-20(25)14-18/h2,4,6-12,14,19H,3,5,13,15-16H2,1H3,(H,27,30)/t19-/m0/s1. The van der Waals surface area contributed by atoms with E-state index in [2.05, 4.69) is 32.3 Å². The molecule has 0 bridgehead atoms. The Kier molecular flexibility index (Phi) is 6.82. The molecule has 0 radical (unpaired) electrons. The van der Waals surface area contributed by atoms with Crippen LogP contribution in [0.2, 0.25) is 0 Å². The Morgan fingerprint density at radius 2 is 2.06 bits per heavy atom. The van der Waals surface area contributed by atoms with Gasteiger partial charge in [-0.05, 0) is 55.0 Å². The molecule has 1 aliphatic rings. The summed E-state index contributed by atoms with van der Waals surface area (Å²) in [6.07, 6.45) is 5.50. The number of piperidine rings is 1. The van der Waals surface area contributed by atoms with E-state index in [1.165, 1.54) is 17.0 Å². The SMILES string of the molecule is CSc1ccc(CNC(=O)[C@H]2CCCN(c3ccnc(-c4cccc(F)c4)n3)C2)cc1. The highest BCUT2D eigenvalue weighted by Gasteiger charge is 2.26. The third-order valence-electron chi connectivity index (χ3n) is 5.47. The number of carbonyl (C=O) groups is 1. The summed E-state index contributed by atoms with van der Waals surface area (Å²) in [6.45, 7) is 1.97. The molecule has 1 aromatic heterocycles. The van der Waals surface area contributed by atoms with Crippen LogP contribution in [-0.2, 0) is 11.3 Å². The topological polar surface area (TPSA) is 58.1 Å². The van der Waals surface area contributed by atoms with Gasteiger partial charge >= 0.3 is 0 Å². The van der Waals surface area contributed by atoms with Crippen LogP contribution in [0.25, 0.3) is 11.4 Å². The third-order valence-corrected chi connectivity index (χ3v) is 6.21. The van der Waals surface area contributed by atoms with E-state index in [4.69, 9.17) is 0 Å². The average molecular weight is 437 g/mol. The Morgan fingerprint density at radius 1 is 1.23 bits per heavy atom. The molecular weight excluding hydrogens is 411 g/mol. The van der Waals surface area contributed by atoms with Crippen molar-refractivity contribution in [2.45, 2.75) is 24.3 Å². The van der Waals surface area contributed by atoms with Crippen LogP contribution in [0, 0.1) is 11.7 Å². The first kappa shape index (κ1) is 21.3. The predicted octanol–water partition coefficient (Wildman–Crippen LogP) is 4.54. The van der Waals surface area contributed by atoms with Crippen molar-refractivity contribution >= 4 is 23.5 Å². The van der Waals surface area contributed by atoms with Crippen molar-refractivity contribution in [2.24, 2.45) is 5.92 Å². The van der Waals surface area contributed by atoms with Gasteiger partial charge in [-0.25, -0.2) is 14.4 Å². The van der Waals surface area contributed by atoms with Gasteiger partial charge in [0.05, 0.1) is 5.92 Å². The molecule has 2 heterocycles. The summed E-state index contributed by atoms with van der Waals surface area (Å²) in [7, 11) is 0. The fraction of sp³-hybridized carbons (Fsp3) is 0.292. The Balaban J connectivity index is 1.40. The van der Waals surface area contributed by atoms with E-state index in [0.717, 1.165) is 30.8 Å². The fourth-order valence-corrected chi connectivity index (χ4v) is 4.18. The molecule has 31 heavy (non-hydrogen) atoms. The molecule has 1 fully saturated rings. The predicted molar refractivity (Wildman–Crippen MR) is 122 cm³/mol. The number of nitrogens with one attached hydrogen (secondary N) is 1. The summed E-state index contributed by atoms with van der Waals surface area (Å²) >= 11 is 1.70. The number of thioether (sulfide) groups is 1. The van der Waals surface area contributed by atoms with E-state index in [1.54, 1.807) is 30.1 Å². The van der Waals surface area contributed by atoms with Gasteiger partial charge in [0.25, 0.3) is 0 Å². The minimum absolute atomic E-state index is 0.0676. The highest BCUT2D eigenvalue weighted by atomic mass is 32.2. The second-order valence-electron chi connectivity index (χ2n) is 7.60. The minimum Gasteiger partial charge on any atom is -0.356 e. The van der Waals surface area contributed by atoms with Crippen molar-refractivity contribution in [1.82, 2.24) is 15.3 Å². The zero-order valence-corrected chi connectivity index (χ0v) is 18.2. The molecule has 1 amide bonds. The number of nitrogens with zero attached hydrogens (tertiary/aromatic N) is 3. The summed E-state index contributed by atoms with van der Waals surface area (Å²) in [6, 6.07) is 16.4. The summed E-state index contributed by atoms with van der Waals surface area (Å²) < 4.78 is 13.6. The van der Waals surface area contributed by atoms with Gasteiger partial charge < -0.3 is 10.2 Å². The van der Waals surface area contributed by atoms with Crippen LogP contribution in [0.1, 0.15) is 18.4 Å². The molecule has 0 aliphatic carbocycles. The molecule has 3 aromatic rings. The fourth-order valence-electron chi connectivity index (χ4n) is 3.77. The highest BCUT2D eigenvalue weighted by Crippen LogP contribution is 2.24. The maximum absolute atomic E-state index is 13.6. The molecule has 1 saturated heterocycles. The lowest BCUT2D eigenvalue weighted by molar-refractivity contribution is -0.125. The first-order valence-electron chi connectivity index (χ1n) is 10.4. The lowest BCUT2D eigenvalue weighted by atomic mass is 9.97. The molecule has 2 aromatic carbocycles. The van der Waals surface area contributed by atoms with Gasteiger partial charge in [0.2, 0.25) is 5.91 Å². The molecule has 1 atom stereocenters. The number of carbonyl (C=O) groups excluding carboxylic acids is 1. The molecule has 1 aliphatic heterocycles. The van der Waals surface area contributed by atoms with Crippen molar-refractivity contribution in [3.05, 3.63) is 72.2 Å². The van der Waals surface area contributed by atoms with E-state index < -0.39 is 0 Å². The van der Waals surface area contributed by atoms with Crippen LogP contribution >= 0.6 is 11.8 Å². The highest BCUT2D eigenvalue weighted by molar-refractivity contribution is 7.98. The molecule has 0 saturated carbocycles. The van der Waals surface area contributed by atoms with Crippen molar-refractivity contribution < 1.29 is 9.18 Å². The van der Waals surface area contributed by atoms with E-state index in [1.807, 2.05) is 24.5 Å². The van der Waals surface area contributed by atoms with Crippen molar-refractivity contribution in [3.8, 4) is 11.4 Å². The molecule has 0 spiro atoms. The van der Waals surface area contributed by atoms with Crippen LogP contribution in [-0.4, -0.2) is 35.2 Å². The maximum Gasteiger partial charge on any atom is 0.225 e. The first-order chi connectivity index (χ1) is 15.1. The van der Waals surface area contributed by atoms with E-state index in [-0.39, 0.29) is 17.6 Å². The molecule has 5 nitrogen and oxygen atoms in total. The monoisotopic (exact) mass is 436 g/mol. The molecule has 0 unspecified atom stereocenters. The second-order valence-corrected chi connectivity index (χ2v) is 8.48. The molecular formula is C24H25FN4OS. The van der Waals surface area contributed by atoms with Crippen LogP contribution < -0.4 is 10.2 Å². The summed E-state index contributed by atoms with van der Waals surface area (Å²) in [5.74, 6) is 0.908. The number of benzene rings is 2. The number of halogens is 1. The number of hydrogen-bond donors (Lipinski definition) is 1. The van der Waals surface area contributed by atoms with Gasteiger partial charge in [-0.3, -0.25) is 4.79 Å². The van der Waals surface area contributed by atoms with Crippen LogP contribution in [0.4, 0.5) is 10.2 Å². The van der Waals surface area contributed by atoms with Crippen molar-refractivity contribution in [2.75, 3.05) is 24.2 Å². The quantitative estimate of drug-likeness (QED) is 0.575. The van der Waals surface area contributed by atoms with Gasteiger partial charge in [0.15, 0.2) is 5.82 Å². The Bertz CT molecular complexity index is 1040. The van der Waals surface area contributed by atoms with E-state index in [9.17, 15) is 9.18 Å². The van der Waals surface area contributed by atoms with Crippen molar-refractivity contribution in [1.29, 1.82) is 0 Å². The average Bonchev–Trinajstić information content (AvgIpc) is 2.83. The van der Waals surface area contributed by atoms with Gasteiger partial charge in [0, 0.05) is 36.3 Å². The zero-order valence-electron chi connectivity index (χ0n) is 17.4. The number of aromatic nitrogens is 2. The largest absolute Gasteiger partial charge is 0.356 e. The normalized spacial score (nSPS) is 16.2. The van der Waals surface area contributed by atoms with Gasteiger partial charge in [-0.15, -0.1) is 11.8 Å². The Hall–Kier alpha value is -2.93. The molecule has 160 valence electrons. The lowest BCUT2D eigenvalue weighted by Gasteiger charge is -2.33. The van der Waals surface area contributed by atoms with Crippen LogP contribution in [0.3, 0.4) is 0 Å². The minimum atomic E-state index is -0.315. The number of amides is 1. The maximum atomic E-state index is 13.6. The van der Waals surface area contributed by atoms with Gasteiger partial charge in [0.1, 0.15) is 11.6 Å². The number of rotatable bonds is 6. The third kappa shape index (κ3) is 5.41. The van der Waals surface area contributed by atoms with Gasteiger partial charge in [-0.1, -0.05) is 24.3 Å². The smallest absolute Gasteiger partial charge is 0.225 e. The molecule has 4 rings (SSSR count). The van der Waals surface area contributed by atoms with Crippen molar-refractivity contribution in [3.63, 3.8) is 0 Å². The number of hydrogen-bond acceptors (Lipinski definition) is 5. The van der Waals surface area contributed by atoms with Gasteiger partial charge in [-0.2, -0.15) is 0 Å². The molecule has 1 N–H and O–H groups in total. The molecule has 7 heteroatoms. The Labute approximate surface area is 186 Å². The van der Waals surface area contributed by atoms with E-state index in [0.29, 0.717) is 24.5 Å². The second kappa shape index (κ2) is 9.92. The summed E-state index contributed by atoms with van der Waals surface area (Å²) in [5.41, 5.74) is 1.73. The van der Waals surface area contributed by atoms with Crippen LogP contribution in [0.5, 0.6) is 0 Å². The lowest BCUT2D eigenvalue weighted by Crippen LogP contribution is -2.43. The van der Waals surface area contributed by atoms with Crippen LogP contribution in [0.15, 0.2) is 65.7 Å². The zero-order chi connectivity index (χ0) is 21.6. The number of anilines is 1. The summed E-state index contributed by atoms with van der Waals surface area (Å²) in [5, 5.41) is 3.07.